The average Bonchev–Trinajstić information content (AvgIpc) is 3.30. The van der Waals surface area contributed by atoms with E-state index in [4.69, 9.17) is 24.2 Å². The third kappa shape index (κ3) is 15.1. The fourth-order valence-electron chi connectivity index (χ4n) is 10.1. The number of aliphatic hydroxyl groups is 2. The molecule has 2 aromatic carbocycles. The molecule has 0 unspecified atom stereocenters. The van der Waals surface area contributed by atoms with Gasteiger partial charge < -0.3 is 34.6 Å². The summed E-state index contributed by atoms with van der Waals surface area (Å²) >= 11 is 1.94. The Balaban J connectivity index is 1.39. The molecule has 2 aromatic rings. The zero-order chi connectivity index (χ0) is 44.5. The van der Waals surface area contributed by atoms with Crippen LogP contribution in [0.1, 0.15) is 166 Å². The number of nitrogens with one attached hydrogen (secondary N) is 1. The number of fused-ring (bicyclic) bond motifs is 2. The SMILES string of the molecule is C=CCO[C@@]12Oc3ccc(OC(=O)NCc4ccccc4)cc3[C@H]3[C@H](CCCCO)[C@@H](CCCCO)C=C(C(=NOCC)C[C@@H]1SCCCCCCCCCCCCCCCC)[C@H]32. The molecule has 1 fully saturated rings. The van der Waals surface area contributed by atoms with Gasteiger partial charge >= 0.3 is 6.09 Å². The number of benzene rings is 2. The number of thioether (sulfide) groups is 1. The number of allylic oxidation sites excluding steroid dienone is 1. The summed E-state index contributed by atoms with van der Waals surface area (Å²) in [7, 11) is 0. The maximum atomic E-state index is 13.2. The molecule has 1 heterocycles. The first-order valence-electron chi connectivity index (χ1n) is 24.8. The van der Waals surface area contributed by atoms with Gasteiger partial charge in [0.2, 0.25) is 5.79 Å². The number of nitrogens with zero attached hydrogens (tertiary/aromatic N) is 1. The van der Waals surface area contributed by atoms with E-state index in [1.807, 2.05) is 73.3 Å². The van der Waals surface area contributed by atoms with Gasteiger partial charge in [0, 0.05) is 37.7 Å². The van der Waals surface area contributed by atoms with E-state index >= 15 is 0 Å². The highest BCUT2D eigenvalue weighted by molar-refractivity contribution is 8.00. The topological polar surface area (TPSA) is 119 Å². The molecule has 0 bridgehead atoms. The van der Waals surface area contributed by atoms with Gasteiger partial charge in [-0.25, -0.2) is 4.79 Å². The van der Waals surface area contributed by atoms with E-state index in [2.05, 4.69) is 24.9 Å². The summed E-state index contributed by atoms with van der Waals surface area (Å²) in [6.45, 7) is 9.78. The zero-order valence-corrected chi connectivity index (χ0v) is 39.6. The van der Waals surface area contributed by atoms with Gasteiger partial charge in [0.05, 0.1) is 23.5 Å². The predicted molar refractivity (Wildman–Crippen MR) is 259 cm³/mol. The molecule has 1 saturated carbocycles. The number of rotatable bonds is 32. The second-order valence-electron chi connectivity index (χ2n) is 17.9. The quantitative estimate of drug-likeness (QED) is 0.0378. The molecule has 0 saturated heterocycles. The number of carbonyl (C=O) groups excluding carboxylic acids is 1. The van der Waals surface area contributed by atoms with Crippen molar-refractivity contribution in [1.29, 1.82) is 0 Å². The highest BCUT2D eigenvalue weighted by Crippen LogP contribution is 2.62. The Labute approximate surface area is 384 Å². The van der Waals surface area contributed by atoms with Crippen molar-refractivity contribution in [3.63, 3.8) is 0 Å². The summed E-state index contributed by atoms with van der Waals surface area (Å²) in [5.74, 6) is 1.24. The molecule has 9 nitrogen and oxygen atoms in total. The summed E-state index contributed by atoms with van der Waals surface area (Å²) in [6.07, 6.45) is 28.0. The lowest BCUT2D eigenvalue weighted by atomic mass is 9.56. The Morgan fingerprint density at radius 1 is 0.873 bits per heavy atom. The normalized spacial score (nSPS) is 23.0. The third-order valence-corrected chi connectivity index (χ3v) is 14.7. The first-order valence-corrected chi connectivity index (χ1v) is 25.9. The monoisotopic (exact) mass is 889 g/mol. The van der Waals surface area contributed by atoms with Gasteiger partial charge in [-0.2, -0.15) is 11.8 Å². The Bertz CT molecular complexity index is 1690. The van der Waals surface area contributed by atoms with Crippen molar-refractivity contribution in [2.45, 2.75) is 172 Å². The molecule has 0 spiro atoms. The van der Waals surface area contributed by atoms with Crippen molar-refractivity contribution in [2.75, 3.05) is 32.2 Å². The number of aliphatic hydroxyl groups excluding tert-OH is 2. The average molecular weight is 889 g/mol. The highest BCUT2D eigenvalue weighted by Gasteiger charge is 2.64. The summed E-state index contributed by atoms with van der Waals surface area (Å²) in [5.41, 5.74) is 4.04. The molecule has 0 radical (unpaired) electrons. The minimum absolute atomic E-state index is 0.0661. The maximum absolute atomic E-state index is 13.2. The van der Waals surface area contributed by atoms with Crippen molar-refractivity contribution in [3.05, 3.63) is 84.0 Å². The number of carbonyl (C=O) groups is 1. The van der Waals surface area contributed by atoms with Gasteiger partial charge in [-0.1, -0.05) is 151 Å². The molecule has 350 valence electrons. The Hall–Kier alpha value is -3.31. The number of amides is 1. The van der Waals surface area contributed by atoms with Crippen molar-refractivity contribution < 1.29 is 34.1 Å². The van der Waals surface area contributed by atoms with Crippen molar-refractivity contribution >= 4 is 23.6 Å². The van der Waals surface area contributed by atoms with E-state index < -0.39 is 11.9 Å². The molecule has 3 N–H and O–H groups in total. The lowest BCUT2D eigenvalue weighted by molar-refractivity contribution is -0.223. The lowest BCUT2D eigenvalue weighted by Crippen LogP contribution is -2.64. The molecule has 3 aliphatic rings. The number of hydrogen-bond donors (Lipinski definition) is 3. The van der Waals surface area contributed by atoms with Crippen LogP contribution < -0.4 is 14.8 Å². The summed E-state index contributed by atoms with van der Waals surface area (Å²) in [6, 6.07) is 15.6. The molecule has 63 heavy (non-hydrogen) atoms. The van der Waals surface area contributed by atoms with Crippen LogP contribution in [0.25, 0.3) is 0 Å². The Morgan fingerprint density at radius 2 is 1.54 bits per heavy atom. The fraction of sp³-hybridized carbons (Fsp3) is 0.660. The van der Waals surface area contributed by atoms with Crippen LogP contribution in [-0.4, -0.2) is 65.2 Å². The Morgan fingerprint density at radius 3 is 2.19 bits per heavy atom. The van der Waals surface area contributed by atoms with E-state index in [0.29, 0.717) is 31.9 Å². The van der Waals surface area contributed by atoms with E-state index in [9.17, 15) is 15.0 Å². The summed E-state index contributed by atoms with van der Waals surface area (Å²) in [5, 5.41) is 27.4. The lowest BCUT2D eigenvalue weighted by Gasteiger charge is -2.58. The number of ether oxygens (including phenoxy) is 3. The zero-order valence-electron chi connectivity index (χ0n) is 38.8. The fourth-order valence-corrected chi connectivity index (χ4v) is 11.5. The van der Waals surface area contributed by atoms with E-state index in [-0.39, 0.29) is 42.1 Å². The van der Waals surface area contributed by atoms with Gasteiger partial charge in [0.15, 0.2) is 0 Å². The third-order valence-electron chi connectivity index (χ3n) is 13.2. The van der Waals surface area contributed by atoms with E-state index in [1.54, 1.807) is 0 Å². The molecular weight excluding hydrogens is 809 g/mol. The minimum Gasteiger partial charge on any atom is -0.460 e. The molecule has 2 aliphatic carbocycles. The first kappa shape index (κ1) is 50.7. The summed E-state index contributed by atoms with van der Waals surface area (Å²) < 4.78 is 20.4. The smallest absolute Gasteiger partial charge is 0.412 e. The molecule has 10 heteroatoms. The van der Waals surface area contributed by atoms with Crippen LogP contribution in [0.4, 0.5) is 4.79 Å². The van der Waals surface area contributed by atoms with Crippen molar-refractivity contribution in [3.8, 4) is 11.5 Å². The van der Waals surface area contributed by atoms with Crippen LogP contribution in [0.5, 0.6) is 11.5 Å². The van der Waals surface area contributed by atoms with E-state index in [1.165, 1.54) is 83.5 Å². The number of hydrogen-bond acceptors (Lipinski definition) is 9. The summed E-state index contributed by atoms with van der Waals surface area (Å²) in [4.78, 5) is 19.1. The second-order valence-corrected chi connectivity index (χ2v) is 19.2. The number of oxime groups is 1. The van der Waals surface area contributed by atoms with Crippen LogP contribution in [0.3, 0.4) is 0 Å². The van der Waals surface area contributed by atoms with Crippen LogP contribution in [0.15, 0.2) is 78.0 Å². The van der Waals surface area contributed by atoms with Crippen LogP contribution in [0.2, 0.25) is 0 Å². The standard InChI is InChI=1S/C53H80N2O7S/c1-4-7-8-9-10-11-12-13-14-15-16-17-18-26-36-63-49-39-47(55-60-6-3)45-37-42(29-22-24-33-56)44(30-23-25-34-57)50-46-38-43(61-52(58)54-40-41-27-20-19-21-28-41)31-32-48(46)62-53(49,51(45)50)59-35-5-2/h5,19-21,27-28,31-32,37-38,42,44,49-51,56-57H,2,4,6-18,22-26,29-30,33-36,39-40H2,1,3H3,(H,54,58)/t42-,44+,49-,50+,51+,53+/m0/s1. The van der Waals surface area contributed by atoms with Crippen LogP contribution >= 0.6 is 11.8 Å². The molecule has 1 aliphatic heterocycles. The van der Waals surface area contributed by atoms with E-state index in [0.717, 1.165) is 78.9 Å². The van der Waals surface area contributed by atoms with Gasteiger partial charge in [-0.3, -0.25) is 0 Å². The van der Waals surface area contributed by atoms with Gasteiger partial charge in [-0.05, 0) is 86.0 Å². The largest absolute Gasteiger partial charge is 0.460 e. The minimum atomic E-state index is -1.01. The highest BCUT2D eigenvalue weighted by atomic mass is 32.2. The molecular formula is C53H80N2O7S. The predicted octanol–water partition coefficient (Wildman–Crippen LogP) is 12.8. The molecule has 5 rings (SSSR count). The van der Waals surface area contributed by atoms with Crippen LogP contribution in [0, 0.1) is 17.8 Å². The molecule has 6 atom stereocenters. The number of unbranched alkanes of at least 4 members (excludes halogenated alkanes) is 15. The maximum Gasteiger partial charge on any atom is 0.412 e. The van der Waals surface area contributed by atoms with Crippen molar-refractivity contribution in [2.24, 2.45) is 22.9 Å². The van der Waals surface area contributed by atoms with Gasteiger partial charge in [-0.15, -0.1) is 6.58 Å². The first-order chi connectivity index (χ1) is 31.0. The Kier molecular flexibility index (Phi) is 23.0. The molecule has 0 aromatic heterocycles. The molecule has 1 amide bonds. The van der Waals surface area contributed by atoms with Crippen LogP contribution in [-0.2, 0) is 16.1 Å². The second kappa shape index (κ2) is 28.6. The van der Waals surface area contributed by atoms with Gasteiger partial charge in [0.25, 0.3) is 0 Å². The van der Waals surface area contributed by atoms with Crippen molar-refractivity contribution in [1.82, 2.24) is 5.32 Å². The van der Waals surface area contributed by atoms with Gasteiger partial charge in [0.1, 0.15) is 18.1 Å².